The number of alkyl halides is 5. The van der Waals surface area contributed by atoms with Crippen molar-refractivity contribution >= 4 is 10.0 Å². The SMILES string of the molecule is Cc1ccc(S(=O)(=O)N(Cc2ccc(C(F)(F)F)cc2)CC(F)CF)cc1. The highest BCUT2D eigenvalue weighted by atomic mass is 32.2. The molecule has 2 aromatic rings. The van der Waals surface area contributed by atoms with E-state index in [4.69, 9.17) is 0 Å². The third-order valence-corrected chi connectivity index (χ3v) is 5.69. The van der Waals surface area contributed by atoms with Gasteiger partial charge in [-0.25, -0.2) is 17.2 Å². The molecule has 0 amide bonds. The van der Waals surface area contributed by atoms with Crippen LogP contribution in [0.4, 0.5) is 22.0 Å². The molecule has 1 atom stereocenters. The molecule has 2 aromatic carbocycles. The van der Waals surface area contributed by atoms with Crippen molar-refractivity contribution in [1.82, 2.24) is 4.31 Å². The summed E-state index contributed by atoms with van der Waals surface area (Å²) < 4.78 is 90.4. The first-order chi connectivity index (χ1) is 12.5. The molecule has 9 heteroatoms. The molecular formula is C18H18F5NO2S. The Hall–Kier alpha value is -2.00. The summed E-state index contributed by atoms with van der Waals surface area (Å²) in [6.45, 7) is -0.730. The molecule has 0 aliphatic carbocycles. The van der Waals surface area contributed by atoms with Gasteiger partial charge in [-0.15, -0.1) is 0 Å². The van der Waals surface area contributed by atoms with Crippen LogP contribution in [0.5, 0.6) is 0 Å². The second-order valence-electron chi connectivity index (χ2n) is 6.06. The molecule has 3 nitrogen and oxygen atoms in total. The summed E-state index contributed by atoms with van der Waals surface area (Å²) in [6, 6.07) is 9.66. The Morgan fingerprint density at radius 2 is 1.56 bits per heavy atom. The second-order valence-corrected chi connectivity index (χ2v) is 7.99. The fourth-order valence-electron chi connectivity index (χ4n) is 2.38. The molecule has 2 rings (SSSR count). The van der Waals surface area contributed by atoms with Gasteiger partial charge in [0, 0.05) is 13.1 Å². The number of nitrogens with zero attached hydrogens (tertiary/aromatic N) is 1. The van der Waals surface area contributed by atoms with Crippen molar-refractivity contribution in [2.24, 2.45) is 0 Å². The Morgan fingerprint density at radius 3 is 2.04 bits per heavy atom. The van der Waals surface area contributed by atoms with Crippen LogP contribution in [0.15, 0.2) is 53.4 Å². The Bertz CT molecular complexity index is 849. The van der Waals surface area contributed by atoms with Crippen LogP contribution >= 0.6 is 0 Å². The summed E-state index contributed by atoms with van der Waals surface area (Å²) in [4.78, 5) is -0.105. The number of hydrogen-bond acceptors (Lipinski definition) is 2. The Morgan fingerprint density at radius 1 is 1.00 bits per heavy atom. The highest BCUT2D eigenvalue weighted by Crippen LogP contribution is 2.29. The predicted molar refractivity (Wildman–Crippen MR) is 91.1 cm³/mol. The molecule has 0 N–H and O–H groups in total. The van der Waals surface area contributed by atoms with Crippen LogP contribution in [0.3, 0.4) is 0 Å². The fraction of sp³-hybridized carbons (Fsp3) is 0.333. The number of benzene rings is 2. The van der Waals surface area contributed by atoms with E-state index in [1.165, 1.54) is 12.1 Å². The molecule has 0 aliphatic rings. The van der Waals surface area contributed by atoms with Crippen molar-refractivity contribution in [1.29, 1.82) is 0 Å². The summed E-state index contributed by atoms with van der Waals surface area (Å²) in [5.74, 6) is 0. The normalized spacial score (nSPS) is 13.7. The van der Waals surface area contributed by atoms with Crippen LogP contribution in [0.25, 0.3) is 0 Å². The van der Waals surface area contributed by atoms with Crippen molar-refractivity contribution in [3.05, 3.63) is 65.2 Å². The molecule has 0 heterocycles. The van der Waals surface area contributed by atoms with Crippen molar-refractivity contribution in [2.45, 2.75) is 30.7 Å². The first-order valence-corrected chi connectivity index (χ1v) is 9.41. The second kappa shape index (κ2) is 8.35. The minimum atomic E-state index is -4.52. The van der Waals surface area contributed by atoms with Gasteiger partial charge in [0.05, 0.1) is 10.5 Å². The Kier molecular flexibility index (Phi) is 6.59. The lowest BCUT2D eigenvalue weighted by Crippen LogP contribution is -2.36. The molecule has 0 saturated carbocycles. The van der Waals surface area contributed by atoms with E-state index in [0.29, 0.717) is 0 Å². The first-order valence-electron chi connectivity index (χ1n) is 7.97. The van der Waals surface area contributed by atoms with Crippen LogP contribution in [0.2, 0.25) is 0 Å². The van der Waals surface area contributed by atoms with Gasteiger partial charge in [0.25, 0.3) is 0 Å². The van der Waals surface area contributed by atoms with Crippen molar-refractivity contribution in [2.75, 3.05) is 13.2 Å². The molecule has 0 aliphatic heterocycles. The maximum Gasteiger partial charge on any atom is 0.416 e. The van der Waals surface area contributed by atoms with E-state index in [0.717, 1.165) is 34.1 Å². The topological polar surface area (TPSA) is 37.4 Å². The summed E-state index contributed by atoms with van der Waals surface area (Å²) in [5, 5.41) is 0. The molecule has 0 aromatic heterocycles. The molecule has 0 spiro atoms. The summed E-state index contributed by atoms with van der Waals surface area (Å²) in [6.07, 6.45) is -6.57. The molecule has 0 bridgehead atoms. The summed E-state index contributed by atoms with van der Waals surface area (Å²) in [5.41, 5.74) is 0.159. The molecule has 1 unspecified atom stereocenters. The quantitative estimate of drug-likeness (QED) is 0.634. The van der Waals surface area contributed by atoms with Gasteiger partial charge < -0.3 is 0 Å². The first kappa shape index (κ1) is 21.3. The van der Waals surface area contributed by atoms with Crippen LogP contribution < -0.4 is 0 Å². The Balaban J connectivity index is 2.32. The third kappa shape index (κ3) is 5.49. The van der Waals surface area contributed by atoms with Crippen molar-refractivity contribution in [3.63, 3.8) is 0 Å². The third-order valence-electron chi connectivity index (χ3n) is 3.87. The monoisotopic (exact) mass is 407 g/mol. The van der Waals surface area contributed by atoms with E-state index in [1.807, 2.05) is 0 Å². The average Bonchev–Trinajstić information content (AvgIpc) is 2.61. The smallest absolute Gasteiger partial charge is 0.248 e. The average molecular weight is 407 g/mol. The number of rotatable bonds is 7. The van der Waals surface area contributed by atoms with Gasteiger partial charge in [0.1, 0.15) is 12.8 Å². The zero-order valence-corrected chi connectivity index (χ0v) is 15.2. The van der Waals surface area contributed by atoms with Crippen LogP contribution in [0.1, 0.15) is 16.7 Å². The zero-order valence-electron chi connectivity index (χ0n) is 14.4. The van der Waals surface area contributed by atoms with E-state index in [9.17, 15) is 30.4 Å². The van der Waals surface area contributed by atoms with E-state index < -0.39 is 41.2 Å². The number of halogens is 5. The molecule has 0 radical (unpaired) electrons. The van der Waals surface area contributed by atoms with Crippen LogP contribution in [-0.4, -0.2) is 32.1 Å². The van der Waals surface area contributed by atoms with E-state index in [1.54, 1.807) is 19.1 Å². The molecule has 0 fully saturated rings. The van der Waals surface area contributed by atoms with Gasteiger partial charge in [-0.1, -0.05) is 29.8 Å². The van der Waals surface area contributed by atoms with Gasteiger partial charge in [-0.3, -0.25) is 0 Å². The highest BCUT2D eigenvalue weighted by molar-refractivity contribution is 7.89. The Labute approximate surface area is 154 Å². The van der Waals surface area contributed by atoms with E-state index in [-0.39, 0.29) is 17.0 Å². The minimum Gasteiger partial charge on any atom is -0.248 e. The number of hydrogen-bond donors (Lipinski definition) is 0. The summed E-state index contributed by atoms with van der Waals surface area (Å²) >= 11 is 0. The van der Waals surface area contributed by atoms with Gasteiger partial charge in [-0.2, -0.15) is 17.5 Å². The maximum absolute atomic E-state index is 13.6. The minimum absolute atomic E-state index is 0.105. The maximum atomic E-state index is 13.6. The molecule has 27 heavy (non-hydrogen) atoms. The van der Waals surface area contributed by atoms with E-state index >= 15 is 0 Å². The van der Waals surface area contributed by atoms with Crippen molar-refractivity contribution in [3.8, 4) is 0 Å². The van der Waals surface area contributed by atoms with Gasteiger partial charge >= 0.3 is 6.18 Å². The highest BCUT2D eigenvalue weighted by Gasteiger charge is 2.31. The van der Waals surface area contributed by atoms with Gasteiger partial charge in [0.15, 0.2) is 0 Å². The lowest BCUT2D eigenvalue weighted by molar-refractivity contribution is -0.137. The molecular weight excluding hydrogens is 389 g/mol. The summed E-state index contributed by atoms with van der Waals surface area (Å²) in [7, 11) is -4.16. The van der Waals surface area contributed by atoms with Crippen LogP contribution in [0, 0.1) is 6.92 Å². The number of sulfonamides is 1. The largest absolute Gasteiger partial charge is 0.416 e. The van der Waals surface area contributed by atoms with Crippen LogP contribution in [-0.2, 0) is 22.7 Å². The molecule has 148 valence electrons. The zero-order chi connectivity index (χ0) is 20.2. The van der Waals surface area contributed by atoms with Gasteiger partial charge in [-0.05, 0) is 36.8 Å². The number of aryl methyl sites for hydroxylation is 1. The predicted octanol–water partition coefficient (Wildman–Crippen LogP) is 4.51. The van der Waals surface area contributed by atoms with E-state index in [2.05, 4.69) is 0 Å². The standard InChI is InChI=1S/C18H18F5NO2S/c1-13-2-8-17(9-3-13)27(25,26)24(12-16(20)10-19)11-14-4-6-15(7-5-14)18(21,22)23/h2-9,16H,10-12H2,1H3. The van der Waals surface area contributed by atoms with Crippen molar-refractivity contribution < 1.29 is 30.4 Å². The fourth-order valence-corrected chi connectivity index (χ4v) is 3.83. The van der Waals surface area contributed by atoms with Gasteiger partial charge in [0.2, 0.25) is 10.0 Å². The lowest BCUT2D eigenvalue weighted by Gasteiger charge is -2.23. The molecule has 0 saturated heterocycles. The lowest BCUT2D eigenvalue weighted by atomic mass is 10.1.